The van der Waals surface area contributed by atoms with Crippen LogP contribution in [0.4, 0.5) is 0 Å². The van der Waals surface area contributed by atoms with Crippen LogP contribution in [-0.4, -0.2) is 70.8 Å². The largest absolute Gasteiger partial charge is 0.337 e. The van der Waals surface area contributed by atoms with Gasteiger partial charge in [-0.15, -0.1) is 12.4 Å². The number of rotatable bonds is 2. The van der Waals surface area contributed by atoms with Gasteiger partial charge in [-0.25, -0.2) is 0 Å². The van der Waals surface area contributed by atoms with Gasteiger partial charge in [0.25, 0.3) is 5.91 Å². The summed E-state index contributed by atoms with van der Waals surface area (Å²) in [5.74, 6) is 0.133. The zero-order valence-corrected chi connectivity index (χ0v) is 13.5. The topological polar surface area (TPSA) is 53.4 Å². The molecule has 1 aromatic rings. The van der Waals surface area contributed by atoms with E-state index in [1.807, 2.05) is 18.9 Å². The van der Waals surface area contributed by atoms with E-state index >= 15 is 0 Å². The molecule has 21 heavy (non-hydrogen) atoms. The monoisotopic (exact) mass is 313 g/mol. The van der Waals surface area contributed by atoms with E-state index in [2.05, 4.69) is 15.3 Å². The fourth-order valence-electron chi connectivity index (χ4n) is 3.15. The van der Waals surface area contributed by atoms with Crippen LogP contribution in [-0.2, 0) is 7.05 Å². The molecule has 2 fully saturated rings. The number of aromatic nitrogens is 2. The van der Waals surface area contributed by atoms with Crippen molar-refractivity contribution in [2.24, 2.45) is 7.05 Å². The maximum absolute atomic E-state index is 12.6. The minimum atomic E-state index is 0. The SMILES string of the molecule is Cc1c(C(=O)N2CCC(N3CCNCC3)C2)cnn1C.Cl. The minimum Gasteiger partial charge on any atom is -0.337 e. The van der Waals surface area contributed by atoms with Crippen LogP contribution in [0.2, 0.25) is 0 Å². The number of nitrogens with one attached hydrogen (secondary N) is 1. The lowest BCUT2D eigenvalue weighted by Crippen LogP contribution is -2.49. The molecule has 3 rings (SSSR count). The van der Waals surface area contributed by atoms with Gasteiger partial charge in [0.2, 0.25) is 0 Å². The molecule has 1 N–H and O–H groups in total. The molecule has 1 aromatic heterocycles. The van der Waals surface area contributed by atoms with E-state index in [1.165, 1.54) is 0 Å². The molecule has 0 spiro atoms. The summed E-state index contributed by atoms with van der Waals surface area (Å²) < 4.78 is 1.76. The summed E-state index contributed by atoms with van der Waals surface area (Å²) in [7, 11) is 1.87. The molecular formula is C14H24ClN5O. The van der Waals surface area contributed by atoms with E-state index in [0.29, 0.717) is 6.04 Å². The van der Waals surface area contributed by atoms with Crippen molar-refractivity contribution in [1.29, 1.82) is 0 Å². The van der Waals surface area contributed by atoms with Gasteiger partial charge in [-0.3, -0.25) is 14.4 Å². The first-order valence-electron chi connectivity index (χ1n) is 7.39. The molecule has 0 bridgehead atoms. The summed E-state index contributed by atoms with van der Waals surface area (Å²) >= 11 is 0. The second-order valence-electron chi connectivity index (χ2n) is 5.75. The van der Waals surface area contributed by atoms with Crippen molar-refractivity contribution in [3.8, 4) is 0 Å². The van der Waals surface area contributed by atoms with Crippen LogP contribution in [0, 0.1) is 6.92 Å². The standard InChI is InChI=1S/C14H23N5O.ClH/c1-11-13(9-16-17(11)2)14(20)19-6-3-12(10-19)18-7-4-15-5-8-18;/h9,12,15H,3-8,10H2,1-2H3;1H. The van der Waals surface area contributed by atoms with Gasteiger partial charge in [0, 0.05) is 58.1 Å². The minimum absolute atomic E-state index is 0. The van der Waals surface area contributed by atoms with Crippen molar-refractivity contribution in [2.75, 3.05) is 39.3 Å². The van der Waals surface area contributed by atoms with Gasteiger partial charge in [0.15, 0.2) is 0 Å². The fourth-order valence-corrected chi connectivity index (χ4v) is 3.15. The van der Waals surface area contributed by atoms with E-state index < -0.39 is 0 Å². The maximum Gasteiger partial charge on any atom is 0.257 e. The third-order valence-corrected chi connectivity index (χ3v) is 4.58. The number of halogens is 1. The summed E-state index contributed by atoms with van der Waals surface area (Å²) in [5.41, 5.74) is 1.69. The highest BCUT2D eigenvalue weighted by molar-refractivity contribution is 5.95. The molecule has 1 unspecified atom stereocenters. The molecule has 118 valence electrons. The van der Waals surface area contributed by atoms with E-state index in [1.54, 1.807) is 10.9 Å². The zero-order chi connectivity index (χ0) is 14.1. The first kappa shape index (κ1) is 16.3. The summed E-state index contributed by atoms with van der Waals surface area (Å²) in [5, 5.41) is 7.54. The molecule has 2 aliphatic heterocycles. The number of hydrogen-bond donors (Lipinski definition) is 1. The Kier molecular flexibility index (Phi) is 5.24. The predicted octanol–water partition coefficient (Wildman–Crippen LogP) is 0.270. The quantitative estimate of drug-likeness (QED) is 0.851. The van der Waals surface area contributed by atoms with E-state index in [-0.39, 0.29) is 18.3 Å². The highest BCUT2D eigenvalue weighted by Crippen LogP contribution is 2.19. The molecule has 6 nitrogen and oxygen atoms in total. The van der Waals surface area contributed by atoms with Crippen molar-refractivity contribution in [2.45, 2.75) is 19.4 Å². The fraction of sp³-hybridized carbons (Fsp3) is 0.714. The molecule has 7 heteroatoms. The number of likely N-dealkylation sites (tertiary alicyclic amines) is 1. The highest BCUT2D eigenvalue weighted by Gasteiger charge is 2.32. The van der Waals surface area contributed by atoms with Gasteiger partial charge in [-0.05, 0) is 13.3 Å². The number of piperazine rings is 1. The average molecular weight is 314 g/mol. The summed E-state index contributed by atoms with van der Waals surface area (Å²) in [6.07, 6.45) is 2.78. The van der Waals surface area contributed by atoms with Gasteiger partial charge in [-0.1, -0.05) is 0 Å². The van der Waals surface area contributed by atoms with E-state index in [0.717, 1.165) is 56.9 Å². The molecule has 0 radical (unpaired) electrons. The predicted molar refractivity (Wildman–Crippen MR) is 83.9 cm³/mol. The normalized spacial score (nSPS) is 23.1. The van der Waals surface area contributed by atoms with Crippen molar-refractivity contribution < 1.29 is 4.79 Å². The van der Waals surface area contributed by atoms with Gasteiger partial charge in [-0.2, -0.15) is 5.10 Å². The number of hydrogen-bond acceptors (Lipinski definition) is 4. The Morgan fingerprint density at radius 3 is 2.67 bits per heavy atom. The van der Waals surface area contributed by atoms with Crippen molar-refractivity contribution in [1.82, 2.24) is 24.9 Å². The third kappa shape index (κ3) is 3.22. The number of carbonyl (C=O) groups excluding carboxylic acids is 1. The summed E-state index contributed by atoms with van der Waals surface area (Å²) in [6.45, 7) is 7.98. The van der Waals surface area contributed by atoms with E-state index in [4.69, 9.17) is 0 Å². The van der Waals surface area contributed by atoms with E-state index in [9.17, 15) is 4.79 Å². The second-order valence-corrected chi connectivity index (χ2v) is 5.75. The highest BCUT2D eigenvalue weighted by atomic mass is 35.5. The van der Waals surface area contributed by atoms with Gasteiger partial charge < -0.3 is 10.2 Å². The van der Waals surface area contributed by atoms with Crippen molar-refractivity contribution >= 4 is 18.3 Å². The molecule has 2 saturated heterocycles. The van der Waals surface area contributed by atoms with Gasteiger partial charge in [0.05, 0.1) is 11.8 Å². The molecule has 2 aliphatic rings. The zero-order valence-electron chi connectivity index (χ0n) is 12.7. The lowest BCUT2D eigenvalue weighted by atomic mass is 10.2. The third-order valence-electron chi connectivity index (χ3n) is 4.58. The molecular weight excluding hydrogens is 290 g/mol. The molecule has 0 saturated carbocycles. The van der Waals surface area contributed by atoms with Crippen LogP contribution >= 0.6 is 12.4 Å². The Hall–Kier alpha value is -1.11. The number of carbonyl (C=O) groups is 1. The number of amides is 1. The first-order chi connectivity index (χ1) is 9.66. The smallest absolute Gasteiger partial charge is 0.257 e. The maximum atomic E-state index is 12.6. The number of nitrogens with zero attached hydrogens (tertiary/aromatic N) is 4. The Balaban J connectivity index is 0.00000161. The number of aryl methyl sites for hydroxylation is 1. The molecule has 1 amide bonds. The second kappa shape index (κ2) is 6.77. The average Bonchev–Trinajstić information content (AvgIpc) is 3.08. The molecule has 0 aromatic carbocycles. The van der Waals surface area contributed by atoms with Crippen LogP contribution in [0.15, 0.2) is 6.20 Å². The lowest BCUT2D eigenvalue weighted by Gasteiger charge is -2.32. The molecule has 3 heterocycles. The Morgan fingerprint density at radius 2 is 2.05 bits per heavy atom. The molecule has 0 aliphatic carbocycles. The summed E-state index contributed by atoms with van der Waals surface area (Å²) in [4.78, 5) is 17.0. The van der Waals surface area contributed by atoms with Crippen LogP contribution in [0.25, 0.3) is 0 Å². The summed E-state index contributed by atoms with van der Waals surface area (Å²) in [6, 6.07) is 0.526. The van der Waals surface area contributed by atoms with Crippen LogP contribution < -0.4 is 5.32 Å². The molecule has 1 atom stereocenters. The first-order valence-corrected chi connectivity index (χ1v) is 7.39. The van der Waals surface area contributed by atoms with Gasteiger partial charge >= 0.3 is 0 Å². The van der Waals surface area contributed by atoms with Gasteiger partial charge in [0.1, 0.15) is 0 Å². The van der Waals surface area contributed by atoms with Crippen LogP contribution in [0.5, 0.6) is 0 Å². The van der Waals surface area contributed by atoms with Crippen molar-refractivity contribution in [3.63, 3.8) is 0 Å². The van der Waals surface area contributed by atoms with Crippen LogP contribution in [0.1, 0.15) is 22.5 Å². The van der Waals surface area contributed by atoms with Crippen LogP contribution in [0.3, 0.4) is 0 Å². The Morgan fingerprint density at radius 1 is 1.33 bits per heavy atom. The lowest BCUT2D eigenvalue weighted by molar-refractivity contribution is 0.0772. The Bertz CT molecular complexity index is 498. The Labute approximate surface area is 131 Å². The van der Waals surface area contributed by atoms with Crippen molar-refractivity contribution in [3.05, 3.63) is 17.5 Å².